The minimum atomic E-state index is -3.83. The zero-order valence-electron chi connectivity index (χ0n) is 16.4. The van der Waals surface area contributed by atoms with Gasteiger partial charge in [0, 0.05) is 13.1 Å². The van der Waals surface area contributed by atoms with Gasteiger partial charge in [-0.25, -0.2) is 16.8 Å². The van der Waals surface area contributed by atoms with Gasteiger partial charge in [-0.15, -0.1) is 0 Å². The third-order valence-electron chi connectivity index (χ3n) is 5.04. The summed E-state index contributed by atoms with van der Waals surface area (Å²) in [4.78, 5) is 0.301. The van der Waals surface area contributed by atoms with Crippen LogP contribution in [0.4, 0.5) is 5.69 Å². The number of nitrogens with zero attached hydrogens (tertiary/aromatic N) is 1. The summed E-state index contributed by atoms with van der Waals surface area (Å²) in [7, 11) is -7.47. The van der Waals surface area contributed by atoms with E-state index in [9.17, 15) is 16.8 Å². The number of aryl methyl sites for hydroxylation is 3. The number of nitrogens with one attached hydrogen (secondary N) is 1. The highest BCUT2D eigenvalue weighted by Crippen LogP contribution is 2.27. The Balaban J connectivity index is 1.97. The fraction of sp³-hybridized carbons (Fsp3) is 0.400. The minimum Gasteiger partial charge on any atom is -0.279 e. The van der Waals surface area contributed by atoms with Crippen LogP contribution in [0, 0.1) is 20.8 Å². The molecule has 6 nitrogen and oxygen atoms in total. The summed E-state index contributed by atoms with van der Waals surface area (Å²) in [5.74, 6) is 0. The van der Waals surface area contributed by atoms with Gasteiger partial charge < -0.3 is 0 Å². The number of anilines is 1. The van der Waals surface area contributed by atoms with Gasteiger partial charge in [0.1, 0.15) is 0 Å². The Kier molecular flexibility index (Phi) is 5.84. The first-order valence-electron chi connectivity index (χ1n) is 9.32. The lowest BCUT2D eigenvalue weighted by Gasteiger charge is -2.26. The van der Waals surface area contributed by atoms with Crippen LogP contribution >= 0.6 is 0 Å². The molecule has 0 amide bonds. The molecule has 1 heterocycles. The number of sulfonamides is 2. The van der Waals surface area contributed by atoms with Gasteiger partial charge in [-0.3, -0.25) is 4.72 Å². The number of benzene rings is 2. The van der Waals surface area contributed by atoms with Gasteiger partial charge in [-0.05, 0) is 68.5 Å². The number of hydrogen-bond donors (Lipinski definition) is 1. The van der Waals surface area contributed by atoms with E-state index in [-0.39, 0.29) is 15.5 Å². The van der Waals surface area contributed by atoms with Gasteiger partial charge in [-0.2, -0.15) is 4.31 Å². The Hall–Kier alpha value is -1.90. The first-order chi connectivity index (χ1) is 13.1. The topological polar surface area (TPSA) is 83.5 Å². The lowest BCUT2D eigenvalue weighted by atomic mass is 10.2. The highest BCUT2D eigenvalue weighted by Gasteiger charge is 2.27. The summed E-state index contributed by atoms with van der Waals surface area (Å²) >= 11 is 0. The van der Waals surface area contributed by atoms with Crippen molar-refractivity contribution in [2.24, 2.45) is 0 Å². The number of rotatable bonds is 5. The van der Waals surface area contributed by atoms with E-state index in [0.29, 0.717) is 24.2 Å². The van der Waals surface area contributed by atoms with E-state index < -0.39 is 20.0 Å². The normalized spacial score (nSPS) is 16.1. The molecule has 2 aromatic rings. The maximum atomic E-state index is 12.9. The molecule has 8 heteroatoms. The van der Waals surface area contributed by atoms with Crippen LogP contribution in [0.3, 0.4) is 0 Å². The molecule has 1 aliphatic heterocycles. The summed E-state index contributed by atoms with van der Waals surface area (Å²) in [5.41, 5.74) is 2.41. The molecule has 2 aromatic carbocycles. The van der Waals surface area contributed by atoms with Gasteiger partial charge in [0.25, 0.3) is 10.0 Å². The van der Waals surface area contributed by atoms with Crippen LogP contribution in [-0.2, 0) is 20.0 Å². The van der Waals surface area contributed by atoms with Crippen LogP contribution in [-0.4, -0.2) is 34.2 Å². The van der Waals surface area contributed by atoms with E-state index in [2.05, 4.69) is 4.72 Å². The van der Waals surface area contributed by atoms with Crippen LogP contribution in [0.25, 0.3) is 0 Å². The molecule has 3 rings (SSSR count). The van der Waals surface area contributed by atoms with Crippen molar-refractivity contribution in [3.05, 3.63) is 53.1 Å². The van der Waals surface area contributed by atoms with Crippen LogP contribution in [0.15, 0.2) is 46.2 Å². The van der Waals surface area contributed by atoms with Gasteiger partial charge in [0.15, 0.2) is 0 Å². The van der Waals surface area contributed by atoms with Crippen molar-refractivity contribution in [3.8, 4) is 0 Å². The lowest BCUT2D eigenvalue weighted by Crippen LogP contribution is -2.35. The third-order valence-corrected chi connectivity index (χ3v) is 8.44. The summed E-state index contributed by atoms with van der Waals surface area (Å²) in [6.07, 6.45) is 2.72. The molecular weight excluding hydrogens is 396 g/mol. The predicted molar refractivity (Wildman–Crippen MR) is 111 cm³/mol. The predicted octanol–water partition coefficient (Wildman–Crippen LogP) is 3.59. The fourth-order valence-electron chi connectivity index (χ4n) is 3.32. The molecule has 0 saturated carbocycles. The van der Waals surface area contributed by atoms with Gasteiger partial charge in [0.05, 0.1) is 15.5 Å². The van der Waals surface area contributed by atoms with Crippen LogP contribution in [0.1, 0.15) is 36.0 Å². The highest BCUT2D eigenvalue weighted by molar-refractivity contribution is 7.92. The zero-order chi connectivity index (χ0) is 20.5. The van der Waals surface area contributed by atoms with E-state index in [1.807, 2.05) is 13.0 Å². The number of hydrogen-bond acceptors (Lipinski definition) is 4. The van der Waals surface area contributed by atoms with E-state index in [4.69, 9.17) is 0 Å². The SMILES string of the molecule is Cc1ccc(C)c(S(=O)(=O)Nc2cc(S(=O)(=O)N3CCCCC3)ccc2C)c1. The van der Waals surface area contributed by atoms with Crippen molar-refractivity contribution in [2.45, 2.75) is 49.8 Å². The maximum absolute atomic E-state index is 12.9. The van der Waals surface area contributed by atoms with Crippen LogP contribution in [0.5, 0.6) is 0 Å². The quantitative estimate of drug-likeness (QED) is 0.798. The first-order valence-corrected chi connectivity index (χ1v) is 12.2. The fourth-order valence-corrected chi connectivity index (χ4v) is 6.32. The highest BCUT2D eigenvalue weighted by atomic mass is 32.2. The minimum absolute atomic E-state index is 0.110. The molecule has 0 bridgehead atoms. The Morgan fingerprint density at radius 1 is 0.821 bits per heavy atom. The molecule has 0 aliphatic carbocycles. The zero-order valence-corrected chi connectivity index (χ0v) is 18.0. The molecule has 152 valence electrons. The van der Waals surface area contributed by atoms with E-state index in [1.165, 1.54) is 16.4 Å². The molecule has 0 radical (unpaired) electrons. The molecule has 28 heavy (non-hydrogen) atoms. The Labute approximate surface area is 167 Å². The van der Waals surface area contributed by atoms with Gasteiger partial charge >= 0.3 is 0 Å². The van der Waals surface area contributed by atoms with Crippen molar-refractivity contribution >= 4 is 25.7 Å². The summed E-state index contributed by atoms with van der Waals surface area (Å²) in [6.45, 7) is 6.31. The average molecular weight is 423 g/mol. The Morgan fingerprint density at radius 3 is 2.14 bits per heavy atom. The second kappa shape index (κ2) is 7.85. The van der Waals surface area contributed by atoms with Crippen molar-refractivity contribution in [1.29, 1.82) is 0 Å². The van der Waals surface area contributed by atoms with Crippen molar-refractivity contribution < 1.29 is 16.8 Å². The summed E-state index contributed by atoms with van der Waals surface area (Å²) < 4.78 is 55.8. The second-order valence-electron chi connectivity index (χ2n) is 7.32. The van der Waals surface area contributed by atoms with Gasteiger partial charge in [-0.1, -0.05) is 24.6 Å². The molecule has 1 saturated heterocycles. The molecule has 0 spiro atoms. The number of piperidine rings is 1. The van der Waals surface area contributed by atoms with Crippen molar-refractivity contribution in [3.63, 3.8) is 0 Å². The van der Waals surface area contributed by atoms with Crippen molar-refractivity contribution in [1.82, 2.24) is 4.31 Å². The van der Waals surface area contributed by atoms with E-state index in [0.717, 1.165) is 24.8 Å². The molecule has 0 aromatic heterocycles. The average Bonchev–Trinajstić information content (AvgIpc) is 2.66. The van der Waals surface area contributed by atoms with Crippen molar-refractivity contribution in [2.75, 3.05) is 17.8 Å². The Bertz CT molecular complexity index is 1090. The smallest absolute Gasteiger partial charge is 0.262 e. The molecule has 0 atom stereocenters. The molecule has 1 N–H and O–H groups in total. The standard InChI is InChI=1S/C20H26N2O4S2/c1-15-7-8-17(3)20(13-15)27(23,24)21-19-14-18(10-9-16(19)2)28(25,26)22-11-5-4-6-12-22/h7-10,13-14,21H,4-6,11-12H2,1-3H3. The van der Waals surface area contributed by atoms with Crippen LogP contribution in [0.2, 0.25) is 0 Å². The Morgan fingerprint density at radius 2 is 1.46 bits per heavy atom. The monoisotopic (exact) mass is 422 g/mol. The van der Waals surface area contributed by atoms with Crippen LogP contribution < -0.4 is 4.72 Å². The summed E-state index contributed by atoms with van der Waals surface area (Å²) in [6, 6.07) is 9.81. The van der Waals surface area contributed by atoms with E-state index >= 15 is 0 Å². The molecule has 0 unspecified atom stereocenters. The molecular formula is C20H26N2O4S2. The van der Waals surface area contributed by atoms with Gasteiger partial charge in [0.2, 0.25) is 10.0 Å². The third kappa shape index (κ3) is 4.24. The van der Waals surface area contributed by atoms with E-state index in [1.54, 1.807) is 32.0 Å². The molecule has 1 aliphatic rings. The second-order valence-corrected chi connectivity index (χ2v) is 10.9. The largest absolute Gasteiger partial charge is 0.279 e. The lowest BCUT2D eigenvalue weighted by molar-refractivity contribution is 0.346. The summed E-state index contributed by atoms with van der Waals surface area (Å²) in [5, 5.41) is 0. The first kappa shape index (κ1) is 20.8. The maximum Gasteiger partial charge on any atom is 0.262 e. The molecule has 1 fully saturated rings.